The summed E-state index contributed by atoms with van der Waals surface area (Å²) in [6.45, 7) is 11.3. The van der Waals surface area contributed by atoms with E-state index in [1.807, 2.05) is 0 Å². The molecule has 0 saturated carbocycles. The second-order valence-corrected chi connectivity index (χ2v) is 23.1. The third-order valence-corrected chi connectivity index (χ3v) is 17.7. The molecule has 0 N–H and O–H groups in total. The molecule has 14 rings (SSSR count). The molecule has 2 nitrogen and oxygen atoms in total. The molecule has 0 radical (unpaired) electrons. The van der Waals surface area contributed by atoms with Gasteiger partial charge in [-0.25, -0.2) is 0 Å². The van der Waals surface area contributed by atoms with Crippen LogP contribution in [0.3, 0.4) is 0 Å². The molecule has 2 heteroatoms. The van der Waals surface area contributed by atoms with Gasteiger partial charge in [-0.05, 0) is 229 Å². The highest BCUT2D eigenvalue weighted by Gasteiger charge is 2.24. The van der Waals surface area contributed by atoms with Crippen LogP contribution in [0.2, 0.25) is 0 Å². The van der Waals surface area contributed by atoms with E-state index in [1.54, 1.807) is 0 Å². The van der Waals surface area contributed by atoms with Gasteiger partial charge in [-0.1, -0.05) is 226 Å². The molecule has 0 aliphatic heterocycles. The van der Waals surface area contributed by atoms with Crippen LogP contribution in [0.15, 0.2) is 291 Å². The number of benzene rings is 12. The normalized spacial score (nSPS) is 13.8. The van der Waals surface area contributed by atoms with E-state index in [9.17, 15) is 0 Å². The molecule has 0 bridgehead atoms. The molecule has 0 saturated heterocycles. The van der Waals surface area contributed by atoms with Crippen LogP contribution in [0.25, 0.3) is 105 Å². The van der Waals surface area contributed by atoms with Crippen LogP contribution < -0.4 is 4.90 Å². The lowest BCUT2D eigenvalue weighted by atomic mass is 9.84. The first-order valence-corrected chi connectivity index (χ1v) is 30.5. The highest BCUT2D eigenvalue weighted by atomic mass is 15.1. The Morgan fingerprint density at radius 2 is 1.01 bits per heavy atom. The Hall–Kier alpha value is -10.3. The molecule has 1 atom stereocenters. The number of fused-ring (bicyclic) bond motifs is 5. The summed E-state index contributed by atoms with van der Waals surface area (Å²) in [5.74, 6) is 0.463. The van der Waals surface area contributed by atoms with Gasteiger partial charge >= 0.3 is 0 Å². The van der Waals surface area contributed by atoms with Crippen LogP contribution in [0.5, 0.6) is 0 Å². The lowest BCUT2D eigenvalue weighted by Gasteiger charge is -2.29. The predicted octanol–water partition coefficient (Wildman–Crippen LogP) is 23.6. The first kappa shape index (κ1) is 53.7. The molecule has 414 valence electrons. The Bertz CT molecular complexity index is 4770. The number of nitrogens with zero attached hydrogens (tertiary/aromatic N) is 2. The fourth-order valence-corrected chi connectivity index (χ4v) is 13.6. The summed E-state index contributed by atoms with van der Waals surface area (Å²) in [6, 6.07) is 98.8. The number of anilines is 3. The van der Waals surface area contributed by atoms with Gasteiger partial charge in [-0.3, -0.25) is 0 Å². The van der Waals surface area contributed by atoms with Gasteiger partial charge in [0.25, 0.3) is 0 Å². The molecular formula is C84H68N2. The van der Waals surface area contributed by atoms with Gasteiger partial charge in [0, 0.05) is 33.5 Å². The van der Waals surface area contributed by atoms with E-state index in [4.69, 9.17) is 0 Å². The van der Waals surface area contributed by atoms with E-state index in [0.29, 0.717) is 5.92 Å². The van der Waals surface area contributed by atoms with Gasteiger partial charge in [-0.2, -0.15) is 0 Å². The van der Waals surface area contributed by atoms with Crippen molar-refractivity contribution in [2.75, 3.05) is 4.90 Å². The summed E-state index contributed by atoms with van der Waals surface area (Å²) in [6.07, 6.45) is 11.3. The quantitative estimate of drug-likeness (QED) is 0.0635. The highest BCUT2D eigenvalue weighted by Crippen LogP contribution is 2.48. The fraction of sp³-hybridized carbons (Fsp3) is 0.0952. The number of aryl methyl sites for hydroxylation is 2. The van der Waals surface area contributed by atoms with Gasteiger partial charge < -0.3 is 9.47 Å². The number of hydrogen-bond donors (Lipinski definition) is 0. The van der Waals surface area contributed by atoms with Crippen molar-refractivity contribution in [3.05, 3.63) is 325 Å². The minimum atomic E-state index is 0.463. The van der Waals surface area contributed by atoms with E-state index in [0.717, 1.165) is 35.6 Å². The van der Waals surface area contributed by atoms with E-state index in [2.05, 4.69) is 335 Å². The Labute approximate surface area is 506 Å². The van der Waals surface area contributed by atoms with Crippen molar-refractivity contribution in [3.8, 4) is 39.1 Å². The van der Waals surface area contributed by atoms with Crippen LogP contribution in [-0.2, 0) is 0 Å². The second kappa shape index (κ2) is 23.1. The summed E-state index contributed by atoms with van der Waals surface area (Å²) in [5.41, 5.74) is 26.8. The Morgan fingerprint density at radius 1 is 0.453 bits per heavy atom. The lowest BCUT2D eigenvalue weighted by molar-refractivity contribution is 0.742. The molecule has 1 heterocycles. The molecule has 0 amide bonds. The smallest absolute Gasteiger partial charge is 0.0541 e. The summed E-state index contributed by atoms with van der Waals surface area (Å²) in [5, 5.41) is 7.45. The second-order valence-electron chi connectivity index (χ2n) is 23.1. The zero-order chi connectivity index (χ0) is 58.3. The van der Waals surface area contributed by atoms with E-state index in [1.165, 1.54) is 132 Å². The van der Waals surface area contributed by atoms with E-state index in [-0.39, 0.29) is 0 Å². The molecular weight excluding hydrogens is 1040 g/mol. The van der Waals surface area contributed by atoms with Crippen molar-refractivity contribution in [1.82, 2.24) is 4.57 Å². The number of para-hydroxylation sites is 1. The standard InChI is InChI=1S/C84H68N2/c1-6-25-70(69(7-2)60-28-14-9-15-29-60)63-41-48-80-78(54-63)79-55-64(71-47-40-56(3)50-77(71)61-30-16-10-17-31-61)42-49-81(79)86(80)68-45-43-67(44-46-68)85(66-34-18-11-19-35-66)82-52-57(4)76(51-58(82)5)84-74-38-22-20-36-72(74)83(73-37-21-23-39-75(73)84)65-33-24-32-62(53-65)59-26-12-8-13-27-59/h6,8-39,41-56H,7,40H2,1-5H3/b25-6-,70-69-. The van der Waals surface area contributed by atoms with Crippen molar-refractivity contribution < 1.29 is 0 Å². The van der Waals surface area contributed by atoms with Crippen LogP contribution in [-0.4, -0.2) is 4.57 Å². The summed E-state index contributed by atoms with van der Waals surface area (Å²) in [7, 11) is 0. The van der Waals surface area contributed by atoms with E-state index >= 15 is 0 Å². The summed E-state index contributed by atoms with van der Waals surface area (Å²) >= 11 is 0. The van der Waals surface area contributed by atoms with Crippen molar-refractivity contribution >= 4 is 82.7 Å². The Kier molecular flexibility index (Phi) is 14.4. The van der Waals surface area contributed by atoms with Crippen molar-refractivity contribution in [1.29, 1.82) is 0 Å². The lowest BCUT2D eigenvalue weighted by Crippen LogP contribution is -2.12. The number of rotatable bonds is 13. The summed E-state index contributed by atoms with van der Waals surface area (Å²) in [4.78, 5) is 2.43. The zero-order valence-corrected chi connectivity index (χ0v) is 49.6. The molecule has 12 aromatic carbocycles. The van der Waals surface area contributed by atoms with Gasteiger partial charge in [0.15, 0.2) is 0 Å². The Morgan fingerprint density at radius 3 is 1.66 bits per heavy atom. The minimum Gasteiger partial charge on any atom is -0.310 e. The predicted molar refractivity (Wildman–Crippen MR) is 371 cm³/mol. The third-order valence-electron chi connectivity index (χ3n) is 17.7. The molecule has 1 aliphatic rings. The molecule has 0 fully saturated rings. The number of allylic oxidation sites excluding steroid dienone is 8. The molecule has 1 unspecified atom stereocenters. The first-order valence-electron chi connectivity index (χ1n) is 30.5. The highest BCUT2D eigenvalue weighted by molar-refractivity contribution is 6.22. The first-order chi connectivity index (χ1) is 42.3. The molecule has 86 heavy (non-hydrogen) atoms. The number of hydrogen-bond acceptors (Lipinski definition) is 1. The summed E-state index contributed by atoms with van der Waals surface area (Å²) < 4.78 is 2.47. The van der Waals surface area contributed by atoms with Gasteiger partial charge in [0.1, 0.15) is 0 Å². The van der Waals surface area contributed by atoms with Crippen molar-refractivity contribution in [2.24, 2.45) is 5.92 Å². The van der Waals surface area contributed by atoms with Crippen molar-refractivity contribution in [3.63, 3.8) is 0 Å². The average Bonchev–Trinajstić information content (AvgIpc) is 1.85. The monoisotopic (exact) mass is 1100 g/mol. The molecule has 1 aliphatic carbocycles. The van der Waals surface area contributed by atoms with Crippen molar-refractivity contribution in [2.45, 2.75) is 47.5 Å². The van der Waals surface area contributed by atoms with Crippen LogP contribution in [0.1, 0.15) is 67.0 Å². The maximum atomic E-state index is 2.47. The SMILES string of the molecule is C/C=C\C(=C(/CC)c1ccccc1)c1ccc2c(c1)c1cc(C3=CCC(C)C=C3c3ccccc3)ccc1n2-c1ccc(N(c2ccccc2)c2cc(C)c(-c3c4ccccc4c(-c4cccc(-c5ccccc5)c4)c4ccccc34)cc2C)cc1. The van der Waals surface area contributed by atoms with Gasteiger partial charge in [0.2, 0.25) is 0 Å². The van der Waals surface area contributed by atoms with Crippen LogP contribution >= 0.6 is 0 Å². The molecule has 13 aromatic rings. The van der Waals surface area contributed by atoms with E-state index < -0.39 is 0 Å². The zero-order valence-electron chi connectivity index (χ0n) is 49.6. The fourth-order valence-electron chi connectivity index (χ4n) is 13.6. The van der Waals surface area contributed by atoms with Gasteiger partial charge in [0.05, 0.1) is 11.0 Å². The molecule has 0 spiro atoms. The number of aromatic nitrogens is 1. The third kappa shape index (κ3) is 9.77. The van der Waals surface area contributed by atoms with Gasteiger partial charge in [-0.15, -0.1) is 0 Å². The Balaban J connectivity index is 0.897. The topological polar surface area (TPSA) is 8.17 Å². The maximum Gasteiger partial charge on any atom is 0.0541 e. The average molecular weight is 1110 g/mol. The van der Waals surface area contributed by atoms with Crippen LogP contribution in [0.4, 0.5) is 17.1 Å². The molecule has 1 aromatic heterocycles. The van der Waals surface area contributed by atoms with Crippen LogP contribution in [0, 0.1) is 19.8 Å². The minimum absolute atomic E-state index is 0.463. The largest absolute Gasteiger partial charge is 0.310 e. The maximum absolute atomic E-state index is 2.47.